The molecule has 3 aliphatic rings. The number of hydrogen-bond acceptors (Lipinski definition) is 4. The maximum Gasteiger partial charge on any atom is 0.219 e. The molecule has 5 nitrogen and oxygen atoms in total. The van der Waals surface area contributed by atoms with Crippen LogP contribution in [0.2, 0.25) is 0 Å². The van der Waals surface area contributed by atoms with Crippen LogP contribution in [0.25, 0.3) is 0 Å². The molecule has 1 N–H and O–H groups in total. The van der Waals surface area contributed by atoms with Crippen LogP contribution in [0.4, 0.5) is 0 Å². The van der Waals surface area contributed by atoms with Gasteiger partial charge >= 0.3 is 0 Å². The van der Waals surface area contributed by atoms with Gasteiger partial charge in [-0.15, -0.1) is 10.0 Å². The van der Waals surface area contributed by atoms with Crippen molar-refractivity contribution in [3.63, 3.8) is 0 Å². The van der Waals surface area contributed by atoms with E-state index in [1.807, 2.05) is 31.2 Å². The number of benzene rings is 1. The van der Waals surface area contributed by atoms with Crippen molar-refractivity contribution in [3.05, 3.63) is 52.5 Å². The van der Waals surface area contributed by atoms with Gasteiger partial charge in [0.1, 0.15) is 11.9 Å². The third kappa shape index (κ3) is 2.56. The van der Waals surface area contributed by atoms with E-state index in [1.54, 1.807) is 7.11 Å². The molecule has 0 spiro atoms. The topological polar surface area (TPSA) is 46.0 Å². The minimum atomic E-state index is 0.457. The van der Waals surface area contributed by atoms with Gasteiger partial charge in [0.2, 0.25) is 6.34 Å². The molecule has 0 radical (unpaired) electrons. The largest absolute Gasteiger partial charge is 0.496 e. The first-order valence-electron chi connectivity index (χ1n) is 7.66. The lowest BCUT2D eigenvalue weighted by molar-refractivity contribution is -0.788. The van der Waals surface area contributed by atoms with Crippen LogP contribution in [-0.2, 0) is 0 Å². The highest BCUT2D eigenvalue weighted by atomic mass is 79.9. The number of nitrogens with zero attached hydrogens (tertiary/aromatic N) is 3. The van der Waals surface area contributed by atoms with Gasteiger partial charge in [0, 0.05) is 0 Å². The van der Waals surface area contributed by atoms with Gasteiger partial charge < -0.3 is 4.74 Å². The average Bonchev–Trinajstić information content (AvgIpc) is 2.95. The molecular formula is C17H18BrN4O+. The summed E-state index contributed by atoms with van der Waals surface area (Å²) in [6.45, 7) is 0. The molecule has 6 heteroatoms. The summed E-state index contributed by atoms with van der Waals surface area (Å²) in [7, 11) is 1.70. The zero-order valence-corrected chi connectivity index (χ0v) is 14.4. The van der Waals surface area contributed by atoms with Crippen LogP contribution in [0.15, 0.2) is 57.0 Å². The maximum atomic E-state index is 5.39. The summed E-state index contributed by atoms with van der Waals surface area (Å²) in [5, 5.41) is 0. The van der Waals surface area contributed by atoms with Crippen LogP contribution in [0, 0.1) is 0 Å². The number of nitrogens with one attached hydrogen (secondary N) is 1. The fourth-order valence-electron chi connectivity index (χ4n) is 3.27. The molecule has 0 amide bonds. The van der Waals surface area contributed by atoms with Crippen LogP contribution in [0.3, 0.4) is 0 Å². The number of ether oxygens (including phenoxy) is 1. The van der Waals surface area contributed by atoms with Crippen LogP contribution in [0.1, 0.15) is 24.3 Å². The lowest BCUT2D eigenvalue weighted by atomic mass is 9.76. The summed E-state index contributed by atoms with van der Waals surface area (Å²) in [4.78, 5) is 8.46. The van der Waals surface area contributed by atoms with Gasteiger partial charge in [0.15, 0.2) is 5.70 Å². The Morgan fingerprint density at radius 3 is 3.00 bits per heavy atom. The van der Waals surface area contributed by atoms with Crippen LogP contribution in [-0.4, -0.2) is 30.3 Å². The number of hydrogen-bond donors (Lipinski definition) is 1. The van der Waals surface area contributed by atoms with Gasteiger partial charge in [-0.25, -0.2) is 4.99 Å². The molecule has 1 fully saturated rings. The van der Waals surface area contributed by atoms with Crippen LogP contribution >= 0.6 is 15.9 Å². The number of rotatable bonds is 4. The quantitative estimate of drug-likeness (QED) is 0.821. The fraction of sp³-hybridized carbons (Fsp3) is 0.294. The molecule has 118 valence electrons. The Balaban J connectivity index is 1.43. The maximum absolute atomic E-state index is 5.39. The zero-order chi connectivity index (χ0) is 15.9. The molecule has 1 atom stereocenters. The molecule has 0 saturated heterocycles. The normalized spacial score (nSPS) is 30.8. The highest BCUT2D eigenvalue weighted by molar-refractivity contribution is 9.10. The van der Waals surface area contributed by atoms with Gasteiger partial charge in [0.25, 0.3) is 0 Å². The molecule has 1 aromatic rings. The Hall–Kier alpha value is -1.76. The molecule has 0 bridgehead atoms. The molecule has 1 aromatic carbocycles. The van der Waals surface area contributed by atoms with Crippen molar-refractivity contribution in [3.8, 4) is 5.75 Å². The Kier molecular flexibility index (Phi) is 3.67. The molecule has 2 aliphatic heterocycles. The monoisotopic (exact) mass is 373 g/mol. The number of allylic oxidation sites excluding steroid dienone is 1. The molecule has 23 heavy (non-hydrogen) atoms. The first-order chi connectivity index (χ1) is 11.2. The molecule has 1 unspecified atom stereocenters. The number of methoxy groups -OCH3 is 1. The zero-order valence-electron chi connectivity index (χ0n) is 12.8. The van der Waals surface area contributed by atoms with E-state index >= 15 is 0 Å². The van der Waals surface area contributed by atoms with E-state index in [4.69, 9.17) is 4.74 Å². The third-order valence-corrected chi connectivity index (χ3v) is 5.31. The number of fused-ring (bicyclic) bond motifs is 1. The van der Waals surface area contributed by atoms with E-state index in [-0.39, 0.29) is 0 Å². The summed E-state index contributed by atoms with van der Waals surface area (Å²) in [6.07, 6.45) is 11.7. The number of halogens is 1. The Morgan fingerprint density at radius 1 is 1.30 bits per heavy atom. The second-order valence-electron chi connectivity index (χ2n) is 6.06. The van der Waals surface area contributed by atoms with E-state index in [0.717, 1.165) is 28.8 Å². The van der Waals surface area contributed by atoms with Crippen LogP contribution in [0.5, 0.6) is 5.75 Å². The summed E-state index contributed by atoms with van der Waals surface area (Å²) >= 11 is 3.51. The van der Waals surface area contributed by atoms with Crippen molar-refractivity contribution >= 4 is 28.5 Å². The van der Waals surface area contributed by atoms with Gasteiger partial charge in [-0.05, 0) is 52.4 Å². The summed E-state index contributed by atoms with van der Waals surface area (Å²) in [6, 6.07) is 6.83. The fourth-order valence-corrected chi connectivity index (χ4v) is 3.68. The second kappa shape index (κ2) is 5.70. The Morgan fingerprint density at radius 2 is 2.17 bits per heavy atom. The molecule has 1 saturated carbocycles. The summed E-state index contributed by atoms with van der Waals surface area (Å²) in [5.74, 6) is 1.47. The van der Waals surface area contributed by atoms with Gasteiger partial charge in [-0.2, -0.15) is 0 Å². The molecule has 2 heterocycles. The molecular weight excluding hydrogens is 356 g/mol. The first-order valence-corrected chi connectivity index (χ1v) is 8.45. The molecule has 0 aromatic heterocycles. The number of aliphatic imine (C=N–C) groups is 2. The number of quaternary nitrogens is 1. The lowest BCUT2D eigenvalue weighted by Gasteiger charge is -2.40. The van der Waals surface area contributed by atoms with Crippen molar-refractivity contribution in [1.29, 1.82) is 0 Å². The van der Waals surface area contributed by atoms with Crippen molar-refractivity contribution in [1.82, 2.24) is 5.43 Å². The van der Waals surface area contributed by atoms with E-state index in [1.165, 1.54) is 5.56 Å². The second-order valence-corrected chi connectivity index (χ2v) is 6.91. The van der Waals surface area contributed by atoms with Crippen molar-refractivity contribution < 1.29 is 9.33 Å². The highest BCUT2D eigenvalue weighted by Gasteiger charge is 2.41. The van der Waals surface area contributed by atoms with Gasteiger partial charge in [-0.1, -0.05) is 6.07 Å². The van der Waals surface area contributed by atoms with Crippen LogP contribution < -0.4 is 10.2 Å². The van der Waals surface area contributed by atoms with E-state index in [9.17, 15) is 0 Å². The lowest BCUT2D eigenvalue weighted by Crippen LogP contribution is -2.58. The molecule has 4 rings (SSSR count). The minimum Gasteiger partial charge on any atom is -0.496 e. The van der Waals surface area contributed by atoms with Crippen molar-refractivity contribution in [2.75, 3.05) is 7.11 Å². The van der Waals surface area contributed by atoms with Gasteiger partial charge in [0.05, 0.1) is 36.2 Å². The van der Waals surface area contributed by atoms with E-state index in [0.29, 0.717) is 16.6 Å². The van der Waals surface area contributed by atoms with E-state index < -0.39 is 0 Å². The smallest absolute Gasteiger partial charge is 0.219 e. The Labute approximate surface area is 143 Å². The third-order valence-electron chi connectivity index (χ3n) is 4.66. The SMILES string of the molecule is COc1cc(C2CC(N[N+]34C=CN=CC3=CN=C4)C2)ccc1Br. The summed E-state index contributed by atoms with van der Waals surface area (Å²) < 4.78 is 6.87. The van der Waals surface area contributed by atoms with E-state index in [2.05, 4.69) is 49.5 Å². The van der Waals surface area contributed by atoms with Crippen molar-refractivity contribution in [2.45, 2.75) is 24.8 Å². The molecule has 1 aliphatic carbocycles. The standard InChI is InChI=1S/C17H18BrN4O/c1-23-17-8-12(2-3-16(17)18)13-6-14(7-13)21-22-5-4-19-9-15(22)10-20-11-22/h2-5,8-11,13-14,21H,6-7H2,1H3/q+1. The first kappa shape index (κ1) is 14.8. The average molecular weight is 374 g/mol. The summed E-state index contributed by atoms with van der Waals surface area (Å²) in [5.41, 5.74) is 6.07. The van der Waals surface area contributed by atoms with Crippen molar-refractivity contribution in [2.24, 2.45) is 9.98 Å². The predicted octanol–water partition coefficient (Wildman–Crippen LogP) is 3.46. The predicted molar refractivity (Wildman–Crippen MR) is 94.1 cm³/mol. The highest BCUT2D eigenvalue weighted by Crippen LogP contribution is 2.40. The minimum absolute atomic E-state index is 0.457. The Bertz CT molecular complexity index is 749. The van der Waals surface area contributed by atoms with Gasteiger partial charge in [-0.3, -0.25) is 4.99 Å².